The van der Waals surface area contributed by atoms with E-state index in [1.807, 2.05) is 24.3 Å². The standard InChI is InChI=1S/C17H24N2O2/c1-17-10-6-11-18-15(17)9-5-12-19(17)16(20)13-7-3-4-8-14(13)21-2/h3-4,7-8,15,18H,5-6,9-12H2,1-2H3/t15-,17+/m1/s1. The molecular weight excluding hydrogens is 264 g/mol. The first-order chi connectivity index (χ1) is 10.2. The summed E-state index contributed by atoms with van der Waals surface area (Å²) < 4.78 is 5.36. The smallest absolute Gasteiger partial charge is 0.258 e. The zero-order valence-corrected chi connectivity index (χ0v) is 12.9. The number of likely N-dealkylation sites (tertiary alicyclic amines) is 1. The van der Waals surface area contributed by atoms with E-state index in [1.165, 1.54) is 0 Å². The van der Waals surface area contributed by atoms with Gasteiger partial charge in [-0.25, -0.2) is 0 Å². The molecule has 2 fully saturated rings. The van der Waals surface area contributed by atoms with E-state index in [0.717, 1.165) is 38.8 Å². The van der Waals surface area contributed by atoms with Crippen LogP contribution in [0.2, 0.25) is 0 Å². The van der Waals surface area contributed by atoms with Crippen molar-refractivity contribution < 1.29 is 9.53 Å². The summed E-state index contributed by atoms with van der Waals surface area (Å²) in [7, 11) is 1.62. The molecule has 0 aromatic heterocycles. The van der Waals surface area contributed by atoms with Gasteiger partial charge in [0.1, 0.15) is 5.75 Å². The number of carbonyl (C=O) groups is 1. The number of hydrogen-bond acceptors (Lipinski definition) is 3. The van der Waals surface area contributed by atoms with Crippen molar-refractivity contribution in [3.05, 3.63) is 29.8 Å². The number of nitrogens with one attached hydrogen (secondary N) is 1. The summed E-state index contributed by atoms with van der Waals surface area (Å²) in [5, 5.41) is 3.60. The zero-order valence-electron chi connectivity index (χ0n) is 12.9. The summed E-state index contributed by atoms with van der Waals surface area (Å²) in [6.45, 7) is 4.14. The molecular formula is C17H24N2O2. The van der Waals surface area contributed by atoms with Gasteiger partial charge in [0.05, 0.1) is 18.2 Å². The fourth-order valence-electron chi connectivity index (χ4n) is 3.86. The molecule has 4 heteroatoms. The molecule has 0 saturated carbocycles. The molecule has 1 N–H and O–H groups in total. The SMILES string of the molecule is COc1ccccc1C(=O)N1CCC[C@H]2NCCC[C@@]21C. The normalized spacial score (nSPS) is 28.9. The molecule has 2 aliphatic rings. The fourth-order valence-corrected chi connectivity index (χ4v) is 3.86. The summed E-state index contributed by atoms with van der Waals surface area (Å²) in [5.41, 5.74) is 0.599. The maximum atomic E-state index is 13.1. The summed E-state index contributed by atoms with van der Waals surface area (Å²) in [6, 6.07) is 7.94. The Hall–Kier alpha value is -1.55. The number of hydrogen-bond donors (Lipinski definition) is 1. The highest BCUT2D eigenvalue weighted by molar-refractivity contribution is 5.97. The van der Waals surface area contributed by atoms with Gasteiger partial charge in [-0.05, 0) is 51.3 Å². The number of piperidine rings is 2. The Bertz CT molecular complexity index is 529. The Balaban J connectivity index is 1.92. The third-order valence-corrected chi connectivity index (χ3v) is 5.07. The fraction of sp³-hybridized carbons (Fsp3) is 0.588. The Morgan fingerprint density at radius 1 is 1.38 bits per heavy atom. The predicted molar refractivity (Wildman–Crippen MR) is 82.7 cm³/mol. The molecule has 1 aromatic carbocycles. The van der Waals surface area contributed by atoms with E-state index in [1.54, 1.807) is 7.11 Å². The number of rotatable bonds is 2. The van der Waals surface area contributed by atoms with Gasteiger partial charge < -0.3 is 15.0 Å². The van der Waals surface area contributed by atoms with Crippen molar-refractivity contribution in [2.45, 2.75) is 44.2 Å². The van der Waals surface area contributed by atoms with E-state index in [2.05, 4.69) is 17.1 Å². The molecule has 3 rings (SSSR count). The van der Waals surface area contributed by atoms with E-state index in [-0.39, 0.29) is 11.4 Å². The number of fused-ring (bicyclic) bond motifs is 1. The molecule has 4 nitrogen and oxygen atoms in total. The van der Waals surface area contributed by atoms with Gasteiger partial charge >= 0.3 is 0 Å². The molecule has 0 spiro atoms. The molecule has 2 atom stereocenters. The van der Waals surface area contributed by atoms with Crippen molar-refractivity contribution in [3.63, 3.8) is 0 Å². The van der Waals surface area contributed by atoms with Crippen molar-refractivity contribution in [2.24, 2.45) is 0 Å². The van der Waals surface area contributed by atoms with Crippen LogP contribution in [0.1, 0.15) is 43.0 Å². The van der Waals surface area contributed by atoms with Crippen LogP contribution < -0.4 is 10.1 Å². The molecule has 2 aliphatic heterocycles. The minimum absolute atomic E-state index is 0.0750. The first-order valence-corrected chi connectivity index (χ1v) is 7.85. The predicted octanol–water partition coefficient (Wildman–Crippen LogP) is 2.44. The highest BCUT2D eigenvalue weighted by Gasteiger charge is 2.46. The van der Waals surface area contributed by atoms with Crippen molar-refractivity contribution in [1.29, 1.82) is 0 Å². The second-order valence-corrected chi connectivity index (χ2v) is 6.27. The molecule has 0 aliphatic carbocycles. The van der Waals surface area contributed by atoms with E-state index in [9.17, 15) is 4.79 Å². The summed E-state index contributed by atoms with van der Waals surface area (Å²) in [4.78, 5) is 15.1. The number of amides is 1. The Morgan fingerprint density at radius 2 is 2.19 bits per heavy atom. The monoisotopic (exact) mass is 288 g/mol. The molecule has 0 radical (unpaired) electrons. The molecule has 1 aromatic rings. The summed E-state index contributed by atoms with van der Waals surface area (Å²) in [6.07, 6.45) is 4.43. The lowest BCUT2D eigenvalue weighted by Crippen LogP contribution is -2.66. The zero-order chi connectivity index (χ0) is 14.9. The molecule has 2 heterocycles. The van der Waals surface area contributed by atoms with Crippen molar-refractivity contribution in [2.75, 3.05) is 20.2 Å². The molecule has 1 amide bonds. The largest absolute Gasteiger partial charge is 0.496 e. The lowest BCUT2D eigenvalue weighted by atomic mass is 9.77. The van der Waals surface area contributed by atoms with Gasteiger partial charge in [0, 0.05) is 12.6 Å². The van der Waals surface area contributed by atoms with Gasteiger partial charge in [-0.3, -0.25) is 4.79 Å². The second kappa shape index (κ2) is 5.68. The third-order valence-electron chi connectivity index (χ3n) is 5.07. The van der Waals surface area contributed by atoms with E-state index in [0.29, 0.717) is 17.4 Å². The number of nitrogens with zero attached hydrogens (tertiary/aromatic N) is 1. The summed E-state index contributed by atoms with van der Waals surface area (Å²) in [5.74, 6) is 0.764. The number of methoxy groups -OCH3 is 1. The van der Waals surface area contributed by atoms with E-state index in [4.69, 9.17) is 4.74 Å². The average molecular weight is 288 g/mol. The topological polar surface area (TPSA) is 41.6 Å². The lowest BCUT2D eigenvalue weighted by Gasteiger charge is -2.53. The third kappa shape index (κ3) is 2.42. The molecule has 114 valence electrons. The maximum absolute atomic E-state index is 13.1. The van der Waals surface area contributed by atoms with Crippen LogP contribution in [0.25, 0.3) is 0 Å². The quantitative estimate of drug-likeness (QED) is 0.909. The summed E-state index contributed by atoms with van der Waals surface area (Å²) >= 11 is 0. The van der Waals surface area contributed by atoms with Crippen LogP contribution in [0.4, 0.5) is 0 Å². The lowest BCUT2D eigenvalue weighted by molar-refractivity contribution is 0.00858. The second-order valence-electron chi connectivity index (χ2n) is 6.27. The van der Waals surface area contributed by atoms with Crippen LogP contribution in [-0.4, -0.2) is 42.6 Å². The minimum Gasteiger partial charge on any atom is -0.496 e. The van der Waals surface area contributed by atoms with Gasteiger partial charge in [-0.2, -0.15) is 0 Å². The Morgan fingerprint density at radius 3 is 3.00 bits per heavy atom. The van der Waals surface area contributed by atoms with E-state index < -0.39 is 0 Å². The van der Waals surface area contributed by atoms with Crippen molar-refractivity contribution in [3.8, 4) is 5.75 Å². The maximum Gasteiger partial charge on any atom is 0.258 e. The van der Waals surface area contributed by atoms with Crippen LogP contribution in [0.5, 0.6) is 5.75 Å². The molecule has 21 heavy (non-hydrogen) atoms. The van der Waals surface area contributed by atoms with Crippen LogP contribution in [0.3, 0.4) is 0 Å². The van der Waals surface area contributed by atoms with Crippen molar-refractivity contribution in [1.82, 2.24) is 10.2 Å². The van der Waals surface area contributed by atoms with Gasteiger partial charge in [0.25, 0.3) is 5.91 Å². The number of para-hydroxylation sites is 1. The first kappa shape index (κ1) is 14.4. The van der Waals surface area contributed by atoms with Crippen molar-refractivity contribution >= 4 is 5.91 Å². The number of carbonyl (C=O) groups excluding carboxylic acids is 1. The Labute approximate surface area is 126 Å². The molecule has 2 saturated heterocycles. The first-order valence-electron chi connectivity index (χ1n) is 7.85. The van der Waals surface area contributed by atoms with Gasteiger partial charge in [-0.1, -0.05) is 12.1 Å². The van der Waals surface area contributed by atoms with Crippen LogP contribution in [0.15, 0.2) is 24.3 Å². The molecule has 0 bridgehead atoms. The number of ether oxygens (including phenoxy) is 1. The Kier molecular flexibility index (Phi) is 3.89. The highest BCUT2D eigenvalue weighted by atomic mass is 16.5. The average Bonchev–Trinajstić information content (AvgIpc) is 2.53. The van der Waals surface area contributed by atoms with Gasteiger partial charge in [0.15, 0.2) is 0 Å². The van der Waals surface area contributed by atoms with Crippen LogP contribution >= 0.6 is 0 Å². The van der Waals surface area contributed by atoms with Crippen LogP contribution in [-0.2, 0) is 0 Å². The van der Waals surface area contributed by atoms with Crippen LogP contribution in [0, 0.1) is 0 Å². The minimum atomic E-state index is -0.0750. The van der Waals surface area contributed by atoms with E-state index >= 15 is 0 Å². The highest BCUT2D eigenvalue weighted by Crippen LogP contribution is 2.36. The molecule has 0 unspecified atom stereocenters. The number of benzene rings is 1. The van der Waals surface area contributed by atoms with Gasteiger partial charge in [-0.15, -0.1) is 0 Å². The van der Waals surface area contributed by atoms with Gasteiger partial charge in [0.2, 0.25) is 0 Å².